The van der Waals surface area contributed by atoms with Crippen LogP contribution in [0.4, 0.5) is 4.79 Å². The molecule has 3 aliphatic rings. The fraction of sp³-hybridized carbons (Fsp3) is 0.571. The molecule has 1 aromatic rings. The summed E-state index contributed by atoms with van der Waals surface area (Å²) in [7, 11) is 3.19. The van der Waals surface area contributed by atoms with Crippen molar-refractivity contribution in [1.29, 1.82) is 0 Å². The van der Waals surface area contributed by atoms with Crippen LogP contribution in [0.2, 0.25) is 0 Å². The second kappa shape index (κ2) is 9.56. The zero-order valence-electron chi connectivity index (χ0n) is 17.7. The number of ether oxygens (including phenoxy) is 1. The first kappa shape index (κ1) is 22.1. The Bertz CT molecular complexity index is 819. The van der Waals surface area contributed by atoms with E-state index in [0.717, 1.165) is 29.9 Å². The van der Waals surface area contributed by atoms with Crippen LogP contribution < -0.4 is 16.0 Å². The van der Waals surface area contributed by atoms with Gasteiger partial charge in [-0.3, -0.25) is 25.1 Å². The molecular weight excluding hydrogens is 418 g/mol. The van der Waals surface area contributed by atoms with Gasteiger partial charge in [0.05, 0.1) is 35.5 Å². The molecule has 4 amide bonds. The fourth-order valence-electron chi connectivity index (χ4n) is 4.29. The number of amides is 4. The van der Waals surface area contributed by atoms with Gasteiger partial charge in [-0.05, 0) is 18.4 Å². The smallest absolute Gasteiger partial charge is 0.327 e. The third-order valence-corrected chi connectivity index (χ3v) is 7.25. The molecule has 1 aromatic carbocycles. The molecule has 9 nitrogen and oxygen atoms in total. The summed E-state index contributed by atoms with van der Waals surface area (Å²) in [5, 5.41) is 9.46. The molecule has 3 heterocycles. The minimum Gasteiger partial charge on any atom is -0.376 e. The standard InChI is InChI=1S/C21H29N5O4S/c1-25-18-16(20(28)26(2)21(25)29)19(24-17(23-18)13-7-4-3-5-8-13)31-12-15(27)22-11-14-9-6-10-30-14/h3-5,7-8,14,16-19,23-24H,6,9-12H2,1-2H3,(H,22,27). The van der Waals surface area contributed by atoms with E-state index >= 15 is 0 Å². The lowest BCUT2D eigenvalue weighted by atomic mass is 9.96. The molecule has 3 N–H and O–H groups in total. The lowest BCUT2D eigenvalue weighted by Gasteiger charge is -2.50. The molecule has 3 fully saturated rings. The summed E-state index contributed by atoms with van der Waals surface area (Å²) in [4.78, 5) is 40.6. The van der Waals surface area contributed by atoms with E-state index in [9.17, 15) is 14.4 Å². The van der Waals surface area contributed by atoms with Crippen molar-refractivity contribution < 1.29 is 19.1 Å². The van der Waals surface area contributed by atoms with E-state index in [0.29, 0.717) is 6.54 Å². The Kier molecular flexibility index (Phi) is 6.80. The van der Waals surface area contributed by atoms with Gasteiger partial charge in [0.25, 0.3) is 0 Å². The van der Waals surface area contributed by atoms with Gasteiger partial charge in [0.15, 0.2) is 0 Å². The summed E-state index contributed by atoms with van der Waals surface area (Å²) in [5.74, 6) is -0.640. The molecule has 168 valence electrons. The van der Waals surface area contributed by atoms with Crippen LogP contribution in [0.5, 0.6) is 0 Å². The molecule has 0 saturated carbocycles. The third kappa shape index (κ3) is 4.72. The van der Waals surface area contributed by atoms with Gasteiger partial charge in [-0.25, -0.2) is 4.79 Å². The Hall–Kier alpha value is -2.14. The highest BCUT2D eigenvalue weighted by Crippen LogP contribution is 2.34. The second-order valence-corrected chi connectivity index (χ2v) is 9.24. The fourth-order valence-corrected chi connectivity index (χ4v) is 5.42. The van der Waals surface area contributed by atoms with Crippen molar-refractivity contribution in [1.82, 2.24) is 25.8 Å². The Morgan fingerprint density at radius 3 is 2.71 bits per heavy atom. The van der Waals surface area contributed by atoms with Crippen molar-refractivity contribution in [2.45, 2.75) is 36.7 Å². The van der Waals surface area contributed by atoms with Crippen LogP contribution in [0.25, 0.3) is 0 Å². The molecule has 0 spiro atoms. The zero-order chi connectivity index (χ0) is 22.0. The maximum atomic E-state index is 13.0. The maximum Gasteiger partial charge on any atom is 0.327 e. The van der Waals surface area contributed by atoms with Crippen molar-refractivity contribution in [3.63, 3.8) is 0 Å². The number of nitrogens with one attached hydrogen (secondary N) is 3. The summed E-state index contributed by atoms with van der Waals surface area (Å²) in [6, 6.07) is 9.46. The minimum absolute atomic E-state index is 0.0883. The SMILES string of the molecule is CN1C(=O)C2C(SCC(=O)NCC3CCCO3)NC(c3ccccc3)NC2N(C)C1=O. The Balaban J connectivity index is 1.46. The van der Waals surface area contributed by atoms with Crippen LogP contribution in [0.1, 0.15) is 24.6 Å². The van der Waals surface area contributed by atoms with Crippen molar-refractivity contribution in [2.75, 3.05) is 33.0 Å². The molecule has 3 saturated heterocycles. The van der Waals surface area contributed by atoms with Gasteiger partial charge < -0.3 is 15.0 Å². The highest BCUT2D eigenvalue weighted by molar-refractivity contribution is 8.00. The predicted octanol–water partition coefficient (Wildman–Crippen LogP) is 0.699. The van der Waals surface area contributed by atoms with E-state index in [-0.39, 0.29) is 41.2 Å². The number of imide groups is 1. The number of rotatable bonds is 6. The highest BCUT2D eigenvalue weighted by atomic mass is 32.2. The van der Waals surface area contributed by atoms with Crippen molar-refractivity contribution in [2.24, 2.45) is 5.92 Å². The van der Waals surface area contributed by atoms with E-state index in [1.807, 2.05) is 30.3 Å². The summed E-state index contributed by atoms with van der Waals surface area (Å²) in [5.41, 5.74) is 1.00. The van der Waals surface area contributed by atoms with Gasteiger partial charge in [0, 0.05) is 27.2 Å². The number of benzene rings is 1. The van der Waals surface area contributed by atoms with Crippen LogP contribution in [0.3, 0.4) is 0 Å². The summed E-state index contributed by atoms with van der Waals surface area (Å²) >= 11 is 1.39. The van der Waals surface area contributed by atoms with Crippen LogP contribution >= 0.6 is 11.8 Å². The molecule has 5 atom stereocenters. The Labute approximate surface area is 186 Å². The van der Waals surface area contributed by atoms with E-state index in [1.165, 1.54) is 18.8 Å². The number of hydrogen-bond acceptors (Lipinski definition) is 7. The van der Waals surface area contributed by atoms with Crippen molar-refractivity contribution >= 4 is 29.6 Å². The zero-order valence-corrected chi connectivity index (χ0v) is 18.6. The first-order valence-corrected chi connectivity index (χ1v) is 11.6. The summed E-state index contributed by atoms with van der Waals surface area (Å²) in [6.45, 7) is 1.26. The van der Waals surface area contributed by atoms with Crippen molar-refractivity contribution in [3.05, 3.63) is 35.9 Å². The number of carbonyl (C=O) groups excluding carboxylic acids is 3. The van der Waals surface area contributed by atoms with Gasteiger partial charge in [0.1, 0.15) is 0 Å². The minimum atomic E-state index is -0.511. The number of thioether (sulfide) groups is 1. The van der Waals surface area contributed by atoms with E-state index in [4.69, 9.17) is 4.74 Å². The van der Waals surface area contributed by atoms with Crippen LogP contribution in [-0.2, 0) is 14.3 Å². The number of nitrogens with zero attached hydrogens (tertiary/aromatic N) is 2. The second-order valence-electron chi connectivity index (χ2n) is 8.11. The quantitative estimate of drug-likeness (QED) is 0.590. The number of hydrogen-bond donors (Lipinski definition) is 3. The van der Waals surface area contributed by atoms with Gasteiger partial charge >= 0.3 is 6.03 Å². The summed E-state index contributed by atoms with van der Waals surface area (Å²) in [6.07, 6.45) is 1.37. The summed E-state index contributed by atoms with van der Waals surface area (Å²) < 4.78 is 5.55. The third-order valence-electron chi connectivity index (χ3n) is 6.03. The maximum absolute atomic E-state index is 13.0. The molecule has 10 heteroatoms. The van der Waals surface area contributed by atoms with Crippen LogP contribution in [-0.4, -0.2) is 78.3 Å². The first-order chi connectivity index (χ1) is 15.0. The molecule has 3 aliphatic heterocycles. The van der Waals surface area contributed by atoms with Crippen molar-refractivity contribution in [3.8, 4) is 0 Å². The van der Waals surface area contributed by atoms with Gasteiger partial charge in [-0.2, -0.15) is 0 Å². The number of fused-ring (bicyclic) bond motifs is 1. The normalized spacial score (nSPS) is 31.0. The van der Waals surface area contributed by atoms with Gasteiger partial charge in [-0.15, -0.1) is 11.8 Å². The predicted molar refractivity (Wildman–Crippen MR) is 117 cm³/mol. The average molecular weight is 448 g/mol. The average Bonchev–Trinajstić information content (AvgIpc) is 3.32. The van der Waals surface area contributed by atoms with Crippen LogP contribution in [0.15, 0.2) is 30.3 Å². The lowest BCUT2D eigenvalue weighted by Crippen LogP contribution is -2.72. The molecule has 0 bridgehead atoms. The Morgan fingerprint density at radius 1 is 1.23 bits per heavy atom. The molecule has 0 aromatic heterocycles. The largest absolute Gasteiger partial charge is 0.376 e. The molecule has 0 radical (unpaired) electrons. The Morgan fingerprint density at radius 2 is 2.00 bits per heavy atom. The molecule has 0 aliphatic carbocycles. The molecule has 4 rings (SSSR count). The monoisotopic (exact) mass is 447 g/mol. The first-order valence-electron chi connectivity index (χ1n) is 10.6. The number of urea groups is 1. The molecular formula is C21H29N5O4S. The van der Waals surface area contributed by atoms with E-state index in [1.54, 1.807) is 11.9 Å². The lowest BCUT2D eigenvalue weighted by molar-refractivity contribution is -0.140. The van der Waals surface area contributed by atoms with E-state index in [2.05, 4.69) is 16.0 Å². The molecule has 5 unspecified atom stereocenters. The topological polar surface area (TPSA) is 103 Å². The highest BCUT2D eigenvalue weighted by Gasteiger charge is 2.51. The van der Waals surface area contributed by atoms with Gasteiger partial charge in [-0.1, -0.05) is 30.3 Å². The van der Waals surface area contributed by atoms with E-state index < -0.39 is 12.1 Å². The number of carbonyl (C=O) groups is 3. The van der Waals surface area contributed by atoms with Gasteiger partial charge in [0.2, 0.25) is 11.8 Å². The van der Waals surface area contributed by atoms with Crippen LogP contribution in [0, 0.1) is 5.92 Å². The molecule has 31 heavy (non-hydrogen) atoms.